The van der Waals surface area contributed by atoms with Crippen molar-refractivity contribution in [2.24, 2.45) is 5.92 Å². The summed E-state index contributed by atoms with van der Waals surface area (Å²) in [6.07, 6.45) is 1.16. The predicted octanol–water partition coefficient (Wildman–Crippen LogP) is 1.82. The van der Waals surface area contributed by atoms with Crippen molar-refractivity contribution in [1.82, 2.24) is 15.4 Å². The van der Waals surface area contributed by atoms with Crippen LogP contribution in [0.4, 0.5) is 0 Å². The minimum Gasteiger partial charge on any atom is -0.352 e. The summed E-state index contributed by atoms with van der Waals surface area (Å²) in [4.78, 5) is 12.4. The predicted molar refractivity (Wildman–Crippen MR) is 106 cm³/mol. The first-order valence-corrected chi connectivity index (χ1v) is 10.3. The molecule has 0 radical (unpaired) electrons. The topological polar surface area (TPSA) is 87.3 Å². The van der Waals surface area contributed by atoms with Gasteiger partial charge in [0.25, 0.3) is 0 Å². The highest BCUT2D eigenvalue weighted by Gasteiger charge is 2.23. The number of nitrogens with one attached hydrogen (secondary N) is 3. The van der Waals surface area contributed by atoms with Crippen LogP contribution in [0.15, 0.2) is 17.0 Å². The standard InChI is InChI=1S/C18H29N3O3S.ClH/c1-12-9-14(3)18(15(4)10-12)25(23,24)20-8-6-17(22)21-16-11-19-7-5-13(16)2;/h9-10,13,16,19-20H,5-8,11H2,1-4H3,(H,21,22);1H. The lowest BCUT2D eigenvalue weighted by Crippen LogP contribution is -2.50. The normalized spacial score (nSPS) is 20.3. The molecule has 6 nitrogen and oxygen atoms in total. The second kappa shape index (κ2) is 9.69. The lowest BCUT2D eigenvalue weighted by atomic mass is 9.95. The molecule has 0 bridgehead atoms. The van der Waals surface area contributed by atoms with E-state index in [0.717, 1.165) is 36.2 Å². The molecule has 0 spiro atoms. The Morgan fingerprint density at radius 1 is 1.23 bits per heavy atom. The van der Waals surface area contributed by atoms with E-state index in [2.05, 4.69) is 22.3 Å². The summed E-state index contributed by atoms with van der Waals surface area (Å²) in [5.41, 5.74) is 2.47. The van der Waals surface area contributed by atoms with Crippen LogP contribution in [0.25, 0.3) is 0 Å². The molecule has 1 aromatic rings. The number of sulfonamides is 1. The molecule has 26 heavy (non-hydrogen) atoms. The van der Waals surface area contributed by atoms with Crippen molar-refractivity contribution in [3.63, 3.8) is 0 Å². The van der Waals surface area contributed by atoms with Crippen molar-refractivity contribution >= 4 is 28.3 Å². The number of piperidine rings is 1. The molecule has 1 aliphatic heterocycles. The SMILES string of the molecule is Cc1cc(C)c(S(=O)(=O)NCCC(=O)NC2CNCCC2C)c(C)c1.Cl. The Labute approximate surface area is 163 Å². The molecule has 8 heteroatoms. The third-order valence-corrected chi connectivity index (χ3v) is 6.46. The highest BCUT2D eigenvalue weighted by molar-refractivity contribution is 7.89. The Bertz CT molecular complexity index is 714. The Balaban J connectivity index is 0.00000338. The summed E-state index contributed by atoms with van der Waals surface area (Å²) >= 11 is 0. The summed E-state index contributed by atoms with van der Waals surface area (Å²) in [5.74, 6) is 0.306. The van der Waals surface area contributed by atoms with Gasteiger partial charge in [-0.25, -0.2) is 13.1 Å². The van der Waals surface area contributed by atoms with Crippen LogP contribution in [0, 0.1) is 26.7 Å². The van der Waals surface area contributed by atoms with Crippen molar-refractivity contribution in [2.45, 2.75) is 51.5 Å². The van der Waals surface area contributed by atoms with E-state index in [1.807, 2.05) is 19.1 Å². The maximum Gasteiger partial charge on any atom is 0.241 e. The van der Waals surface area contributed by atoms with Crippen LogP contribution in [-0.2, 0) is 14.8 Å². The lowest BCUT2D eigenvalue weighted by molar-refractivity contribution is -0.122. The summed E-state index contributed by atoms with van der Waals surface area (Å²) in [7, 11) is -3.62. The summed E-state index contributed by atoms with van der Waals surface area (Å²) in [5, 5.41) is 6.25. The zero-order chi connectivity index (χ0) is 18.6. The third kappa shape index (κ3) is 5.94. The summed E-state index contributed by atoms with van der Waals surface area (Å²) in [6.45, 7) is 9.47. The molecule has 3 N–H and O–H groups in total. The van der Waals surface area contributed by atoms with Crippen LogP contribution in [0.1, 0.15) is 36.5 Å². The van der Waals surface area contributed by atoms with E-state index >= 15 is 0 Å². The quantitative estimate of drug-likeness (QED) is 0.676. The zero-order valence-electron chi connectivity index (χ0n) is 15.9. The maximum absolute atomic E-state index is 12.6. The average Bonchev–Trinajstić information content (AvgIpc) is 2.48. The Hall–Kier alpha value is -1.15. The molecule has 1 aromatic carbocycles. The second-order valence-corrected chi connectivity index (χ2v) is 8.72. The van der Waals surface area contributed by atoms with E-state index in [4.69, 9.17) is 0 Å². The average molecular weight is 404 g/mol. The molecular formula is C18H30ClN3O3S. The summed E-state index contributed by atoms with van der Waals surface area (Å²) in [6, 6.07) is 3.82. The highest BCUT2D eigenvalue weighted by Crippen LogP contribution is 2.21. The minimum atomic E-state index is -3.62. The van der Waals surface area contributed by atoms with Crippen molar-refractivity contribution in [2.75, 3.05) is 19.6 Å². The van der Waals surface area contributed by atoms with Crippen molar-refractivity contribution in [1.29, 1.82) is 0 Å². The van der Waals surface area contributed by atoms with Crippen molar-refractivity contribution in [3.05, 3.63) is 28.8 Å². The molecule has 1 fully saturated rings. The van der Waals surface area contributed by atoms with Crippen LogP contribution in [0.3, 0.4) is 0 Å². The van der Waals surface area contributed by atoms with E-state index in [1.165, 1.54) is 0 Å². The number of hydrogen-bond donors (Lipinski definition) is 3. The van der Waals surface area contributed by atoms with Gasteiger partial charge in [0.1, 0.15) is 0 Å². The first kappa shape index (κ1) is 22.9. The molecule has 1 amide bonds. The molecule has 0 saturated carbocycles. The molecule has 1 saturated heterocycles. The fourth-order valence-corrected chi connectivity index (χ4v) is 4.90. The number of hydrogen-bond acceptors (Lipinski definition) is 4. The van der Waals surface area contributed by atoms with Crippen LogP contribution < -0.4 is 15.4 Å². The van der Waals surface area contributed by atoms with Gasteiger partial charge in [-0.15, -0.1) is 12.4 Å². The smallest absolute Gasteiger partial charge is 0.241 e. The molecule has 148 valence electrons. The zero-order valence-corrected chi connectivity index (χ0v) is 17.5. The Kier molecular flexibility index (Phi) is 8.53. The Morgan fingerprint density at radius 3 is 2.42 bits per heavy atom. The lowest BCUT2D eigenvalue weighted by Gasteiger charge is -2.30. The molecule has 2 unspecified atom stereocenters. The van der Waals surface area contributed by atoms with E-state index in [-0.39, 0.29) is 37.3 Å². The van der Waals surface area contributed by atoms with Gasteiger partial charge in [-0.3, -0.25) is 4.79 Å². The van der Waals surface area contributed by atoms with Crippen molar-refractivity contribution < 1.29 is 13.2 Å². The van der Waals surface area contributed by atoms with Gasteiger partial charge < -0.3 is 10.6 Å². The minimum absolute atomic E-state index is 0. The molecular weight excluding hydrogens is 374 g/mol. The first-order chi connectivity index (χ1) is 11.7. The highest BCUT2D eigenvalue weighted by atomic mass is 35.5. The molecule has 0 aromatic heterocycles. The number of carbonyl (C=O) groups excluding carboxylic acids is 1. The van der Waals surface area contributed by atoms with Gasteiger partial charge in [0.15, 0.2) is 0 Å². The molecule has 1 heterocycles. The molecule has 2 rings (SSSR count). The van der Waals surface area contributed by atoms with Crippen LogP contribution >= 0.6 is 12.4 Å². The summed E-state index contributed by atoms with van der Waals surface area (Å²) < 4.78 is 27.7. The fourth-order valence-electron chi connectivity index (χ4n) is 3.42. The number of halogens is 1. The first-order valence-electron chi connectivity index (χ1n) is 8.78. The Morgan fingerprint density at radius 2 is 1.85 bits per heavy atom. The largest absolute Gasteiger partial charge is 0.352 e. The van der Waals surface area contributed by atoms with Gasteiger partial charge in [-0.05, 0) is 50.8 Å². The van der Waals surface area contributed by atoms with Gasteiger partial charge >= 0.3 is 0 Å². The van der Waals surface area contributed by atoms with Crippen LogP contribution in [0.5, 0.6) is 0 Å². The second-order valence-electron chi connectivity index (χ2n) is 7.02. The van der Waals surface area contributed by atoms with E-state index in [0.29, 0.717) is 10.8 Å². The molecule has 0 aliphatic carbocycles. The third-order valence-electron chi connectivity index (χ3n) is 4.69. The number of amides is 1. The molecule has 1 aliphatic rings. The van der Waals surface area contributed by atoms with Gasteiger partial charge in [0.2, 0.25) is 15.9 Å². The van der Waals surface area contributed by atoms with E-state index in [9.17, 15) is 13.2 Å². The monoisotopic (exact) mass is 403 g/mol. The van der Waals surface area contributed by atoms with E-state index in [1.54, 1.807) is 13.8 Å². The van der Waals surface area contributed by atoms with Gasteiger partial charge in [0.05, 0.1) is 4.90 Å². The number of benzene rings is 1. The number of aryl methyl sites for hydroxylation is 3. The number of carbonyl (C=O) groups is 1. The van der Waals surface area contributed by atoms with E-state index < -0.39 is 10.0 Å². The van der Waals surface area contributed by atoms with Gasteiger partial charge in [-0.1, -0.05) is 24.6 Å². The van der Waals surface area contributed by atoms with Crippen LogP contribution in [0.2, 0.25) is 0 Å². The van der Waals surface area contributed by atoms with Crippen molar-refractivity contribution in [3.8, 4) is 0 Å². The number of rotatable bonds is 6. The van der Waals surface area contributed by atoms with Gasteiger partial charge in [-0.2, -0.15) is 0 Å². The maximum atomic E-state index is 12.6. The fraction of sp³-hybridized carbons (Fsp3) is 0.611. The van der Waals surface area contributed by atoms with Gasteiger partial charge in [0, 0.05) is 25.6 Å². The molecule has 2 atom stereocenters. The van der Waals surface area contributed by atoms with Crippen LogP contribution in [-0.4, -0.2) is 40.0 Å².